The Bertz CT molecular complexity index is 572. The highest BCUT2D eigenvalue weighted by Crippen LogP contribution is 2.15. The van der Waals surface area contributed by atoms with Crippen molar-refractivity contribution in [2.24, 2.45) is 4.99 Å². The molecule has 6 nitrogen and oxygen atoms in total. The zero-order valence-corrected chi connectivity index (χ0v) is 20.5. The van der Waals surface area contributed by atoms with Gasteiger partial charge in [-0.15, -0.1) is 24.0 Å². The van der Waals surface area contributed by atoms with E-state index in [1.807, 2.05) is 38.4 Å². The topological polar surface area (TPSA) is 43.3 Å². The maximum atomic E-state index is 5.89. The molecule has 160 valence electrons. The van der Waals surface area contributed by atoms with Gasteiger partial charge in [0.05, 0.1) is 6.54 Å². The Morgan fingerprint density at radius 3 is 2.68 bits per heavy atom. The molecule has 8 heteroatoms. The molecule has 1 aromatic carbocycles. The van der Waals surface area contributed by atoms with Gasteiger partial charge in [-0.3, -0.25) is 4.99 Å². The molecule has 1 saturated heterocycles. The van der Waals surface area contributed by atoms with Crippen molar-refractivity contribution in [2.45, 2.75) is 12.8 Å². The largest absolute Gasteiger partial charge is 0.492 e. The van der Waals surface area contributed by atoms with E-state index in [9.17, 15) is 0 Å². The number of nitrogens with zero attached hydrogens (tertiary/aromatic N) is 4. The molecule has 0 radical (unpaired) electrons. The molecule has 0 unspecified atom stereocenters. The minimum atomic E-state index is 0. The third-order valence-corrected chi connectivity index (χ3v) is 5.08. The van der Waals surface area contributed by atoms with Crippen molar-refractivity contribution >= 4 is 41.5 Å². The van der Waals surface area contributed by atoms with E-state index in [0.717, 1.165) is 42.8 Å². The van der Waals surface area contributed by atoms with Gasteiger partial charge in [-0.2, -0.15) is 0 Å². The van der Waals surface area contributed by atoms with Gasteiger partial charge >= 0.3 is 0 Å². The van der Waals surface area contributed by atoms with Crippen LogP contribution >= 0.6 is 35.6 Å². The number of hydrogen-bond donors (Lipinski definition) is 1. The Kier molecular flexibility index (Phi) is 12.9. The SMILES string of the molecule is CN=C(NCCCN1CCCN(C)CC1)N(C)CCOc1ccc(Cl)cc1.I. The van der Waals surface area contributed by atoms with Crippen molar-refractivity contribution in [1.29, 1.82) is 0 Å². The van der Waals surface area contributed by atoms with Crippen molar-refractivity contribution in [3.63, 3.8) is 0 Å². The summed E-state index contributed by atoms with van der Waals surface area (Å²) in [6.45, 7) is 8.20. The first-order valence-corrected chi connectivity index (χ1v) is 10.2. The second kappa shape index (κ2) is 14.3. The summed E-state index contributed by atoms with van der Waals surface area (Å²) < 4.78 is 5.76. The molecular formula is C20H35ClIN5O. The average molecular weight is 524 g/mol. The summed E-state index contributed by atoms with van der Waals surface area (Å²) in [6.07, 6.45) is 2.39. The van der Waals surface area contributed by atoms with E-state index in [4.69, 9.17) is 16.3 Å². The number of aliphatic imine (C=N–C) groups is 1. The van der Waals surface area contributed by atoms with Crippen molar-refractivity contribution in [2.75, 3.05) is 73.6 Å². The first-order chi connectivity index (χ1) is 13.1. The van der Waals surface area contributed by atoms with Crippen LogP contribution in [0, 0.1) is 0 Å². The summed E-state index contributed by atoms with van der Waals surface area (Å²) in [6, 6.07) is 7.44. The zero-order valence-electron chi connectivity index (χ0n) is 17.4. The van der Waals surface area contributed by atoms with Crippen LogP contribution in [0.3, 0.4) is 0 Å². The molecule has 0 atom stereocenters. The number of guanidine groups is 1. The van der Waals surface area contributed by atoms with Gasteiger partial charge in [-0.05, 0) is 63.8 Å². The molecule has 1 aromatic rings. The Morgan fingerprint density at radius 1 is 1.21 bits per heavy atom. The first kappa shape index (κ1) is 25.3. The Morgan fingerprint density at radius 2 is 1.96 bits per heavy atom. The summed E-state index contributed by atoms with van der Waals surface area (Å²) in [5.74, 6) is 1.74. The normalized spacial score (nSPS) is 16.2. The van der Waals surface area contributed by atoms with E-state index < -0.39 is 0 Å². The molecule has 0 aliphatic carbocycles. The number of halogens is 2. The predicted octanol–water partition coefficient (Wildman–Crippen LogP) is 2.87. The standard InChI is InChI=1S/C20H34ClN5O.HI/c1-22-20(23-10-4-12-26-13-5-11-24(2)14-15-26)25(3)16-17-27-19-8-6-18(21)7-9-19;/h6-9H,4-5,10-17H2,1-3H3,(H,22,23);1H. The summed E-state index contributed by atoms with van der Waals surface area (Å²) >= 11 is 5.89. The van der Waals surface area contributed by atoms with Crippen LogP contribution in [0.15, 0.2) is 29.3 Å². The monoisotopic (exact) mass is 523 g/mol. The van der Waals surface area contributed by atoms with Crippen LogP contribution in [0.2, 0.25) is 5.02 Å². The molecule has 1 aliphatic heterocycles. The second-order valence-electron chi connectivity index (χ2n) is 7.05. The van der Waals surface area contributed by atoms with Crippen LogP contribution in [0.25, 0.3) is 0 Å². The Hall–Kier alpha value is -0.770. The van der Waals surface area contributed by atoms with Gasteiger partial charge in [0.25, 0.3) is 0 Å². The fourth-order valence-electron chi connectivity index (χ4n) is 3.15. The number of likely N-dealkylation sites (N-methyl/N-ethyl adjacent to an activating group) is 2. The lowest BCUT2D eigenvalue weighted by atomic mass is 10.3. The lowest BCUT2D eigenvalue weighted by Gasteiger charge is -2.23. The summed E-state index contributed by atoms with van der Waals surface area (Å²) in [5, 5.41) is 4.17. The van der Waals surface area contributed by atoms with Crippen LogP contribution in [-0.4, -0.2) is 94.2 Å². The Balaban J connectivity index is 0.00000392. The molecule has 0 amide bonds. The van der Waals surface area contributed by atoms with Gasteiger partial charge in [0.1, 0.15) is 12.4 Å². The molecular weight excluding hydrogens is 489 g/mol. The van der Waals surface area contributed by atoms with Crippen molar-refractivity contribution in [1.82, 2.24) is 20.0 Å². The minimum Gasteiger partial charge on any atom is -0.492 e. The van der Waals surface area contributed by atoms with E-state index in [0.29, 0.717) is 6.61 Å². The maximum Gasteiger partial charge on any atom is 0.193 e. The van der Waals surface area contributed by atoms with Crippen LogP contribution < -0.4 is 10.1 Å². The zero-order chi connectivity index (χ0) is 19.5. The fourth-order valence-corrected chi connectivity index (χ4v) is 3.27. The van der Waals surface area contributed by atoms with E-state index in [-0.39, 0.29) is 24.0 Å². The second-order valence-corrected chi connectivity index (χ2v) is 7.49. The van der Waals surface area contributed by atoms with E-state index in [1.54, 1.807) is 0 Å². The number of rotatable bonds is 8. The van der Waals surface area contributed by atoms with Crippen molar-refractivity contribution in [3.05, 3.63) is 29.3 Å². The van der Waals surface area contributed by atoms with Crippen molar-refractivity contribution < 1.29 is 4.74 Å². The highest BCUT2D eigenvalue weighted by molar-refractivity contribution is 14.0. The number of ether oxygens (including phenoxy) is 1. The predicted molar refractivity (Wildman–Crippen MR) is 130 cm³/mol. The molecule has 0 bridgehead atoms. The van der Waals surface area contributed by atoms with Crippen LogP contribution in [0.4, 0.5) is 0 Å². The van der Waals surface area contributed by atoms with E-state index in [1.165, 1.54) is 32.6 Å². The third-order valence-electron chi connectivity index (χ3n) is 4.83. The van der Waals surface area contributed by atoms with Crippen LogP contribution in [0.1, 0.15) is 12.8 Å². The van der Waals surface area contributed by atoms with E-state index in [2.05, 4.69) is 32.1 Å². The molecule has 2 rings (SSSR count). The molecule has 0 spiro atoms. The highest BCUT2D eigenvalue weighted by Gasteiger charge is 2.11. The smallest absolute Gasteiger partial charge is 0.193 e. The molecule has 28 heavy (non-hydrogen) atoms. The lowest BCUT2D eigenvalue weighted by Crippen LogP contribution is -2.42. The minimum absolute atomic E-state index is 0. The molecule has 1 heterocycles. The van der Waals surface area contributed by atoms with E-state index >= 15 is 0 Å². The van der Waals surface area contributed by atoms with Gasteiger partial charge < -0.3 is 24.8 Å². The number of benzene rings is 1. The van der Waals surface area contributed by atoms with Crippen molar-refractivity contribution in [3.8, 4) is 5.75 Å². The highest BCUT2D eigenvalue weighted by atomic mass is 127. The maximum absolute atomic E-state index is 5.89. The third kappa shape index (κ3) is 9.62. The molecule has 1 fully saturated rings. The molecule has 0 saturated carbocycles. The quantitative estimate of drug-likeness (QED) is 0.246. The lowest BCUT2D eigenvalue weighted by molar-refractivity contribution is 0.271. The molecule has 1 aliphatic rings. The van der Waals surface area contributed by atoms with Gasteiger partial charge in [0.15, 0.2) is 5.96 Å². The van der Waals surface area contributed by atoms with Gasteiger partial charge in [0.2, 0.25) is 0 Å². The molecule has 0 aromatic heterocycles. The van der Waals surface area contributed by atoms with Gasteiger partial charge in [-0.1, -0.05) is 11.6 Å². The van der Waals surface area contributed by atoms with Gasteiger partial charge in [0, 0.05) is 38.8 Å². The van der Waals surface area contributed by atoms with Gasteiger partial charge in [-0.25, -0.2) is 0 Å². The summed E-state index contributed by atoms with van der Waals surface area (Å²) in [5.41, 5.74) is 0. The average Bonchev–Trinajstić information content (AvgIpc) is 2.87. The fraction of sp³-hybridized carbons (Fsp3) is 0.650. The number of hydrogen-bond acceptors (Lipinski definition) is 4. The Labute approximate surface area is 192 Å². The number of nitrogens with one attached hydrogen (secondary N) is 1. The van der Waals surface area contributed by atoms with Crippen LogP contribution in [0.5, 0.6) is 5.75 Å². The summed E-state index contributed by atoms with van der Waals surface area (Å²) in [7, 11) is 6.07. The first-order valence-electron chi connectivity index (χ1n) is 9.79. The molecule has 1 N–H and O–H groups in total. The van der Waals surface area contributed by atoms with Crippen LogP contribution in [-0.2, 0) is 0 Å². The summed E-state index contributed by atoms with van der Waals surface area (Å²) in [4.78, 5) is 11.5.